The Kier molecular flexibility index (Phi) is 4.31. The summed E-state index contributed by atoms with van der Waals surface area (Å²) in [4.78, 5) is 15.7. The lowest BCUT2D eigenvalue weighted by Gasteiger charge is -2.07. The fraction of sp³-hybridized carbons (Fsp3) is 0.154. The zero-order valence-electron chi connectivity index (χ0n) is 10.8. The van der Waals surface area contributed by atoms with Crippen LogP contribution in [0.3, 0.4) is 0 Å². The Morgan fingerprint density at radius 1 is 1.50 bits per heavy atom. The molecule has 0 saturated carbocycles. The van der Waals surface area contributed by atoms with Crippen LogP contribution in [0.4, 0.5) is 5.69 Å². The second-order valence-corrected chi connectivity index (χ2v) is 4.23. The molecule has 7 heteroatoms. The summed E-state index contributed by atoms with van der Waals surface area (Å²) in [5.74, 6) is -0.241. The van der Waals surface area contributed by atoms with Crippen LogP contribution in [0.1, 0.15) is 17.4 Å². The van der Waals surface area contributed by atoms with E-state index in [2.05, 4.69) is 10.3 Å². The smallest absolute Gasteiger partial charge is 0.360 e. The largest absolute Gasteiger partial charge is 0.461 e. The number of anilines is 1. The van der Waals surface area contributed by atoms with Gasteiger partial charge in [-0.1, -0.05) is 12.1 Å². The SMILES string of the molecule is CCOC(=O)c1coc(-c2ccccc2NC(N)=S)n1. The number of hydrogen-bond donors (Lipinski definition) is 2. The van der Waals surface area contributed by atoms with Gasteiger partial charge in [0, 0.05) is 0 Å². The molecule has 0 amide bonds. The Morgan fingerprint density at radius 3 is 2.95 bits per heavy atom. The average molecular weight is 291 g/mol. The predicted molar refractivity (Wildman–Crippen MR) is 78.3 cm³/mol. The lowest BCUT2D eigenvalue weighted by Crippen LogP contribution is -2.19. The Balaban J connectivity index is 2.32. The van der Waals surface area contributed by atoms with Crippen LogP contribution in [0.5, 0.6) is 0 Å². The predicted octanol–water partition coefficient (Wildman–Crippen LogP) is 2.17. The monoisotopic (exact) mass is 291 g/mol. The quantitative estimate of drug-likeness (QED) is 0.659. The Bertz CT molecular complexity index is 639. The number of nitrogens with zero attached hydrogens (tertiary/aromatic N) is 1. The third-order valence-corrected chi connectivity index (χ3v) is 2.51. The van der Waals surface area contributed by atoms with Crippen molar-refractivity contribution in [2.45, 2.75) is 6.92 Å². The Labute approximate surface area is 120 Å². The van der Waals surface area contributed by atoms with Crippen molar-refractivity contribution in [1.29, 1.82) is 0 Å². The van der Waals surface area contributed by atoms with E-state index in [0.29, 0.717) is 11.3 Å². The summed E-state index contributed by atoms with van der Waals surface area (Å²) in [6.07, 6.45) is 1.25. The van der Waals surface area contributed by atoms with E-state index in [1.807, 2.05) is 12.1 Å². The molecule has 0 aliphatic rings. The zero-order chi connectivity index (χ0) is 14.5. The number of carbonyl (C=O) groups is 1. The van der Waals surface area contributed by atoms with Crippen molar-refractivity contribution < 1.29 is 13.9 Å². The lowest BCUT2D eigenvalue weighted by molar-refractivity contribution is 0.0519. The number of esters is 1. The molecule has 0 aliphatic heterocycles. The van der Waals surface area contributed by atoms with Gasteiger partial charge in [0.05, 0.1) is 17.9 Å². The number of nitrogens with two attached hydrogens (primary N) is 1. The molecule has 104 valence electrons. The van der Waals surface area contributed by atoms with Gasteiger partial charge in [0.1, 0.15) is 6.26 Å². The number of ether oxygens (including phenoxy) is 1. The van der Waals surface area contributed by atoms with E-state index in [0.717, 1.165) is 0 Å². The number of nitrogens with one attached hydrogen (secondary N) is 1. The number of thiocarbonyl (C=S) groups is 1. The third kappa shape index (κ3) is 3.12. The molecule has 6 nitrogen and oxygen atoms in total. The van der Waals surface area contributed by atoms with E-state index >= 15 is 0 Å². The van der Waals surface area contributed by atoms with Gasteiger partial charge in [0.2, 0.25) is 5.89 Å². The van der Waals surface area contributed by atoms with Crippen molar-refractivity contribution in [3.8, 4) is 11.5 Å². The summed E-state index contributed by atoms with van der Waals surface area (Å²) < 4.78 is 10.2. The van der Waals surface area contributed by atoms with Gasteiger partial charge in [-0.2, -0.15) is 0 Å². The highest BCUT2D eigenvalue weighted by atomic mass is 32.1. The number of rotatable bonds is 4. The van der Waals surface area contributed by atoms with Crippen molar-refractivity contribution in [2.24, 2.45) is 5.73 Å². The molecule has 0 aliphatic carbocycles. The maximum atomic E-state index is 11.6. The standard InChI is InChI=1S/C13H13N3O3S/c1-2-18-12(17)10-7-19-11(15-10)8-5-3-4-6-9(8)16-13(14)20/h3-7H,2H2,1H3,(H3,14,16,20). The second-order valence-electron chi connectivity index (χ2n) is 3.79. The maximum Gasteiger partial charge on any atom is 0.360 e. The van der Waals surface area contributed by atoms with Crippen molar-refractivity contribution in [3.05, 3.63) is 36.2 Å². The van der Waals surface area contributed by atoms with Crippen molar-refractivity contribution in [1.82, 2.24) is 4.98 Å². The second kappa shape index (κ2) is 6.16. The molecular weight excluding hydrogens is 278 g/mol. The average Bonchev–Trinajstić information content (AvgIpc) is 2.88. The van der Waals surface area contributed by atoms with Gasteiger partial charge in [0.15, 0.2) is 10.8 Å². The number of oxazole rings is 1. The molecule has 20 heavy (non-hydrogen) atoms. The van der Waals surface area contributed by atoms with Gasteiger partial charge in [-0.15, -0.1) is 0 Å². The van der Waals surface area contributed by atoms with Crippen LogP contribution in [0.2, 0.25) is 0 Å². The lowest BCUT2D eigenvalue weighted by atomic mass is 10.2. The fourth-order valence-electron chi connectivity index (χ4n) is 1.61. The van der Waals surface area contributed by atoms with Crippen LogP contribution in [-0.2, 0) is 4.74 Å². The van der Waals surface area contributed by atoms with Gasteiger partial charge >= 0.3 is 5.97 Å². The fourth-order valence-corrected chi connectivity index (χ4v) is 1.72. The van der Waals surface area contributed by atoms with Crippen LogP contribution in [0.25, 0.3) is 11.5 Å². The first kappa shape index (κ1) is 14.0. The van der Waals surface area contributed by atoms with E-state index in [1.54, 1.807) is 19.1 Å². The molecule has 0 saturated heterocycles. The highest BCUT2D eigenvalue weighted by Crippen LogP contribution is 2.27. The van der Waals surface area contributed by atoms with Crippen LogP contribution < -0.4 is 11.1 Å². The van der Waals surface area contributed by atoms with E-state index in [4.69, 9.17) is 27.1 Å². The Morgan fingerprint density at radius 2 is 2.25 bits per heavy atom. The van der Waals surface area contributed by atoms with Crippen molar-refractivity contribution in [3.63, 3.8) is 0 Å². The van der Waals surface area contributed by atoms with Gasteiger partial charge in [-0.05, 0) is 31.3 Å². The normalized spacial score (nSPS) is 10.1. The molecule has 3 N–H and O–H groups in total. The number of aromatic nitrogens is 1. The minimum atomic E-state index is -0.526. The molecule has 0 unspecified atom stereocenters. The minimum absolute atomic E-state index is 0.118. The molecule has 1 aromatic heterocycles. The molecule has 1 heterocycles. The third-order valence-electron chi connectivity index (χ3n) is 2.40. The summed E-state index contributed by atoms with van der Waals surface area (Å²) >= 11 is 4.81. The van der Waals surface area contributed by atoms with Gasteiger partial charge in [-0.3, -0.25) is 0 Å². The van der Waals surface area contributed by atoms with E-state index < -0.39 is 5.97 Å². The Hall–Kier alpha value is -2.41. The van der Waals surface area contributed by atoms with Gasteiger partial charge in [-0.25, -0.2) is 9.78 Å². The number of carbonyl (C=O) groups excluding carboxylic acids is 1. The first-order chi connectivity index (χ1) is 9.61. The number of hydrogen-bond acceptors (Lipinski definition) is 5. The minimum Gasteiger partial charge on any atom is -0.461 e. The molecule has 0 spiro atoms. The summed E-state index contributed by atoms with van der Waals surface area (Å²) in [6.45, 7) is 2.00. The molecule has 0 radical (unpaired) electrons. The van der Waals surface area contributed by atoms with E-state index in [1.165, 1.54) is 6.26 Å². The summed E-state index contributed by atoms with van der Waals surface area (Å²) in [5, 5.41) is 2.96. The van der Waals surface area contributed by atoms with E-state index in [9.17, 15) is 4.79 Å². The van der Waals surface area contributed by atoms with Crippen LogP contribution in [0, 0.1) is 0 Å². The first-order valence-electron chi connectivity index (χ1n) is 5.90. The van der Waals surface area contributed by atoms with Crippen molar-refractivity contribution in [2.75, 3.05) is 11.9 Å². The molecule has 0 atom stereocenters. The molecular formula is C13H13N3O3S. The number of benzene rings is 1. The number of para-hydroxylation sites is 1. The van der Waals surface area contributed by atoms with Crippen LogP contribution >= 0.6 is 12.2 Å². The summed E-state index contributed by atoms with van der Waals surface area (Å²) in [7, 11) is 0. The highest BCUT2D eigenvalue weighted by molar-refractivity contribution is 7.80. The zero-order valence-corrected chi connectivity index (χ0v) is 11.6. The van der Waals surface area contributed by atoms with Crippen LogP contribution in [-0.4, -0.2) is 22.7 Å². The topological polar surface area (TPSA) is 90.4 Å². The molecule has 0 fully saturated rings. The van der Waals surface area contributed by atoms with Crippen molar-refractivity contribution >= 4 is 29.0 Å². The summed E-state index contributed by atoms with van der Waals surface area (Å²) in [5.41, 5.74) is 6.88. The summed E-state index contributed by atoms with van der Waals surface area (Å²) in [6, 6.07) is 7.19. The van der Waals surface area contributed by atoms with Gasteiger partial charge < -0.3 is 20.2 Å². The first-order valence-corrected chi connectivity index (χ1v) is 6.31. The highest BCUT2D eigenvalue weighted by Gasteiger charge is 2.16. The van der Waals surface area contributed by atoms with E-state index in [-0.39, 0.29) is 23.3 Å². The van der Waals surface area contributed by atoms with Crippen LogP contribution in [0.15, 0.2) is 34.9 Å². The maximum absolute atomic E-state index is 11.6. The molecule has 2 aromatic rings. The molecule has 0 bridgehead atoms. The van der Waals surface area contributed by atoms with Gasteiger partial charge in [0.25, 0.3) is 0 Å². The molecule has 2 rings (SSSR count). The molecule has 1 aromatic carbocycles.